The number of nitrogens with zero attached hydrogens (tertiary/aromatic N) is 2. The molecule has 0 unspecified atom stereocenters. The lowest BCUT2D eigenvalue weighted by molar-refractivity contribution is -0.385. The summed E-state index contributed by atoms with van der Waals surface area (Å²) < 4.78 is 13.0. The third-order valence-electron chi connectivity index (χ3n) is 3.42. The Morgan fingerprint density at radius 3 is 2.65 bits per heavy atom. The molecule has 6 nitrogen and oxygen atoms in total. The number of aromatic nitrogens is 1. The van der Waals surface area contributed by atoms with Gasteiger partial charge in [-0.1, -0.05) is 12.1 Å². The molecule has 0 spiro atoms. The highest BCUT2D eigenvalue weighted by Gasteiger charge is 2.10. The van der Waals surface area contributed by atoms with Crippen LogP contribution in [0.15, 0.2) is 60.0 Å². The molecular formula is C18H12FN3O3S. The molecule has 2 aromatic carbocycles. The first-order chi connectivity index (χ1) is 12.5. The summed E-state index contributed by atoms with van der Waals surface area (Å²) in [5.74, 6) is -0.791. The second-order valence-electron chi connectivity index (χ2n) is 5.18. The zero-order valence-corrected chi connectivity index (χ0v) is 14.1. The van der Waals surface area contributed by atoms with E-state index in [1.54, 1.807) is 35.7 Å². The predicted molar refractivity (Wildman–Crippen MR) is 98.3 cm³/mol. The summed E-state index contributed by atoms with van der Waals surface area (Å²) in [5.41, 5.74) is 1.61. The zero-order valence-electron chi connectivity index (χ0n) is 13.3. The van der Waals surface area contributed by atoms with E-state index in [1.165, 1.54) is 41.7 Å². The molecule has 130 valence electrons. The summed E-state index contributed by atoms with van der Waals surface area (Å²) >= 11 is 1.23. The maximum absolute atomic E-state index is 13.0. The summed E-state index contributed by atoms with van der Waals surface area (Å²) in [4.78, 5) is 26.7. The lowest BCUT2D eigenvalue weighted by atomic mass is 10.1. The first kappa shape index (κ1) is 17.4. The van der Waals surface area contributed by atoms with E-state index in [-0.39, 0.29) is 11.5 Å². The Balaban J connectivity index is 1.69. The number of para-hydroxylation sites is 1. The summed E-state index contributed by atoms with van der Waals surface area (Å²) in [7, 11) is 0. The third-order valence-corrected chi connectivity index (χ3v) is 4.18. The van der Waals surface area contributed by atoms with Crippen molar-refractivity contribution in [1.29, 1.82) is 0 Å². The van der Waals surface area contributed by atoms with Crippen molar-refractivity contribution in [2.75, 3.05) is 5.32 Å². The number of nitro benzene ring substituents is 1. The summed E-state index contributed by atoms with van der Waals surface area (Å²) in [6, 6.07) is 12.0. The van der Waals surface area contributed by atoms with Gasteiger partial charge in [-0.25, -0.2) is 9.37 Å². The first-order valence-corrected chi connectivity index (χ1v) is 8.35. The molecule has 0 bridgehead atoms. The van der Waals surface area contributed by atoms with Crippen LogP contribution in [0.5, 0.6) is 0 Å². The van der Waals surface area contributed by atoms with Crippen molar-refractivity contribution >= 4 is 34.1 Å². The number of carbonyl (C=O) groups is 1. The number of nitro groups is 1. The van der Waals surface area contributed by atoms with Crippen LogP contribution >= 0.6 is 11.3 Å². The predicted octanol–water partition coefficient (Wildman–Crippen LogP) is 4.51. The van der Waals surface area contributed by atoms with E-state index in [2.05, 4.69) is 10.3 Å². The maximum Gasteiger partial charge on any atom is 0.276 e. The van der Waals surface area contributed by atoms with E-state index in [1.807, 2.05) is 0 Å². The Bertz CT molecular complexity index is 983. The topological polar surface area (TPSA) is 85.1 Å². The van der Waals surface area contributed by atoms with E-state index >= 15 is 0 Å². The monoisotopic (exact) mass is 369 g/mol. The smallest absolute Gasteiger partial charge is 0.276 e. The van der Waals surface area contributed by atoms with Crippen LogP contribution in [0.4, 0.5) is 15.2 Å². The fourth-order valence-corrected chi connectivity index (χ4v) is 2.91. The van der Waals surface area contributed by atoms with E-state index in [9.17, 15) is 19.3 Å². The second-order valence-corrected chi connectivity index (χ2v) is 6.04. The highest BCUT2D eigenvalue weighted by Crippen LogP contribution is 2.25. The van der Waals surface area contributed by atoms with Crippen molar-refractivity contribution in [2.24, 2.45) is 0 Å². The molecule has 0 fully saturated rings. The van der Waals surface area contributed by atoms with Crippen LogP contribution in [0, 0.1) is 15.9 Å². The van der Waals surface area contributed by atoms with Crippen molar-refractivity contribution in [3.8, 4) is 11.3 Å². The number of anilines is 1. The molecule has 26 heavy (non-hydrogen) atoms. The van der Waals surface area contributed by atoms with Crippen molar-refractivity contribution in [3.05, 3.63) is 81.5 Å². The Kier molecular flexibility index (Phi) is 5.14. The molecule has 0 aliphatic heterocycles. The van der Waals surface area contributed by atoms with Gasteiger partial charge in [0, 0.05) is 23.1 Å². The normalized spacial score (nSPS) is 10.8. The molecule has 3 rings (SSSR count). The zero-order chi connectivity index (χ0) is 18.5. The molecule has 0 saturated heterocycles. The number of nitrogens with one attached hydrogen (secondary N) is 1. The fourth-order valence-electron chi connectivity index (χ4n) is 2.19. The molecule has 0 aliphatic rings. The number of hydrogen-bond acceptors (Lipinski definition) is 5. The summed E-state index contributed by atoms with van der Waals surface area (Å²) in [6.07, 6.45) is 2.59. The standard InChI is InChI=1S/C18H12FN3O3S/c19-14-8-5-12(6-9-14)15-11-26-18(20-15)21-17(23)10-7-13-3-1-2-4-16(13)22(24)25/h1-11H,(H,20,21,23). The highest BCUT2D eigenvalue weighted by atomic mass is 32.1. The van der Waals surface area contributed by atoms with E-state index < -0.39 is 10.8 Å². The van der Waals surface area contributed by atoms with Gasteiger partial charge in [-0.2, -0.15) is 0 Å². The number of halogens is 1. The molecule has 0 atom stereocenters. The molecule has 1 heterocycles. The summed E-state index contributed by atoms with van der Waals surface area (Å²) in [5, 5.41) is 15.7. The molecule has 1 amide bonds. The second kappa shape index (κ2) is 7.66. The Hall–Kier alpha value is -3.39. The molecule has 0 radical (unpaired) electrons. The highest BCUT2D eigenvalue weighted by molar-refractivity contribution is 7.14. The van der Waals surface area contributed by atoms with Gasteiger partial charge in [0.2, 0.25) is 5.91 Å². The fraction of sp³-hybridized carbons (Fsp3) is 0. The number of carbonyl (C=O) groups excluding carboxylic acids is 1. The molecule has 0 aliphatic carbocycles. The van der Waals surface area contributed by atoms with Crippen LogP contribution in [0.2, 0.25) is 0 Å². The Morgan fingerprint density at radius 1 is 1.19 bits per heavy atom. The van der Waals surface area contributed by atoms with Crippen LogP contribution in [0.1, 0.15) is 5.56 Å². The van der Waals surface area contributed by atoms with Crippen molar-refractivity contribution in [1.82, 2.24) is 4.98 Å². The minimum absolute atomic E-state index is 0.0793. The average molecular weight is 369 g/mol. The van der Waals surface area contributed by atoms with Crippen molar-refractivity contribution < 1.29 is 14.1 Å². The largest absolute Gasteiger partial charge is 0.298 e. The number of thiazole rings is 1. The quantitative estimate of drug-likeness (QED) is 0.407. The van der Waals surface area contributed by atoms with Crippen LogP contribution in [0.25, 0.3) is 17.3 Å². The van der Waals surface area contributed by atoms with Crippen LogP contribution < -0.4 is 5.32 Å². The average Bonchev–Trinajstić information content (AvgIpc) is 3.09. The van der Waals surface area contributed by atoms with E-state index in [0.29, 0.717) is 16.4 Å². The van der Waals surface area contributed by atoms with E-state index in [0.717, 1.165) is 5.56 Å². The molecule has 3 aromatic rings. The van der Waals surface area contributed by atoms with Gasteiger partial charge < -0.3 is 0 Å². The first-order valence-electron chi connectivity index (χ1n) is 7.47. The Labute approximate surface area is 151 Å². The minimum atomic E-state index is -0.507. The van der Waals surface area contributed by atoms with Gasteiger partial charge in [0.15, 0.2) is 5.13 Å². The van der Waals surface area contributed by atoms with Gasteiger partial charge in [0.05, 0.1) is 16.2 Å². The molecule has 1 aromatic heterocycles. The van der Waals surface area contributed by atoms with Gasteiger partial charge in [0.25, 0.3) is 5.69 Å². The van der Waals surface area contributed by atoms with Gasteiger partial charge in [0.1, 0.15) is 5.82 Å². The van der Waals surface area contributed by atoms with E-state index in [4.69, 9.17) is 0 Å². The van der Waals surface area contributed by atoms with Crippen LogP contribution in [0.3, 0.4) is 0 Å². The SMILES string of the molecule is O=C(C=Cc1ccccc1[N+](=O)[O-])Nc1nc(-c2ccc(F)cc2)cs1. The molecule has 0 saturated carbocycles. The van der Waals surface area contributed by atoms with Crippen LogP contribution in [-0.2, 0) is 4.79 Å². The Morgan fingerprint density at radius 2 is 1.92 bits per heavy atom. The molecule has 8 heteroatoms. The number of benzene rings is 2. The van der Waals surface area contributed by atoms with Gasteiger partial charge in [-0.05, 0) is 36.4 Å². The lowest BCUT2D eigenvalue weighted by Gasteiger charge is -1.98. The van der Waals surface area contributed by atoms with Gasteiger partial charge >= 0.3 is 0 Å². The third kappa shape index (κ3) is 4.17. The number of rotatable bonds is 5. The minimum Gasteiger partial charge on any atom is -0.298 e. The van der Waals surface area contributed by atoms with Crippen molar-refractivity contribution in [3.63, 3.8) is 0 Å². The number of amides is 1. The number of hydrogen-bond donors (Lipinski definition) is 1. The lowest BCUT2D eigenvalue weighted by Crippen LogP contribution is -2.07. The van der Waals surface area contributed by atoms with Gasteiger partial charge in [-0.3, -0.25) is 20.2 Å². The molecule has 1 N–H and O–H groups in total. The van der Waals surface area contributed by atoms with Crippen LogP contribution in [-0.4, -0.2) is 15.8 Å². The summed E-state index contributed by atoms with van der Waals surface area (Å²) in [6.45, 7) is 0. The molecular weight excluding hydrogens is 357 g/mol. The maximum atomic E-state index is 13.0. The van der Waals surface area contributed by atoms with Crippen molar-refractivity contribution in [2.45, 2.75) is 0 Å². The van der Waals surface area contributed by atoms with Gasteiger partial charge in [-0.15, -0.1) is 11.3 Å².